The van der Waals surface area contributed by atoms with Crippen LogP contribution < -0.4 is 0 Å². The minimum Gasteiger partial charge on any atom is -0.339 e. The van der Waals surface area contributed by atoms with Crippen LogP contribution in [0.15, 0.2) is 30.3 Å². The maximum atomic E-state index is 11.7. The molecule has 2 heteroatoms. The van der Waals surface area contributed by atoms with Crippen molar-refractivity contribution in [1.82, 2.24) is 4.90 Å². The van der Waals surface area contributed by atoms with Crippen LogP contribution in [0, 0.1) is 13.8 Å². The first-order chi connectivity index (χ1) is 6.29. The highest BCUT2D eigenvalue weighted by atomic mass is 16.2. The Bertz CT molecular complexity index is 265. The average molecular weight is 175 g/mol. The summed E-state index contributed by atoms with van der Waals surface area (Å²) in [5, 5.41) is 0. The summed E-state index contributed by atoms with van der Waals surface area (Å²) in [6.45, 7) is 8.25. The van der Waals surface area contributed by atoms with E-state index in [0.717, 1.165) is 0 Å². The Morgan fingerprint density at radius 2 is 1.69 bits per heavy atom. The molecule has 0 atom stereocenters. The van der Waals surface area contributed by atoms with Gasteiger partial charge in [0.15, 0.2) is 0 Å². The van der Waals surface area contributed by atoms with Gasteiger partial charge in [-0.3, -0.25) is 4.79 Å². The van der Waals surface area contributed by atoms with Gasteiger partial charge in [-0.25, -0.2) is 0 Å². The van der Waals surface area contributed by atoms with Gasteiger partial charge >= 0.3 is 0 Å². The SMILES string of the molecule is [CH2]CN(C[CH2])C(=O)c1ccccc1. The maximum Gasteiger partial charge on any atom is 0.253 e. The van der Waals surface area contributed by atoms with Gasteiger partial charge in [0.25, 0.3) is 5.91 Å². The van der Waals surface area contributed by atoms with Gasteiger partial charge in [0.05, 0.1) is 0 Å². The highest BCUT2D eigenvalue weighted by Gasteiger charge is 2.10. The molecular weight excluding hydrogens is 162 g/mol. The van der Waals surface area contributed by atoms with Crippen LogP contribution in [0.1, 0.15) is 10.4 Å². The Morgan fingerprint density at radius 1 is 1.15 bits per heavy atom. The molecule has 2 nitrogen and oxygen atoms in total. The quantitative estimate of drug-likeness (QED) is 0.686. The maximum absolute atomic E-state index is 11.7. The van der Waals surface area contributed by atoms with Gasteiger partial charge in [-0.15, -0.1) is 0 Å². The molecule has 0 fully saturated rings. The zero-order valence-corrected chi connectivity index (χ0v) is 7.57. The molecule has 0 saturated carbocycles. The van der Waals surface area contributed by atoms with E-state index in [4.69, 9.17) is 0 Å². The van der Waals surface area contributed by atoms with E-state index in [-0.39, 0.29) is 5.91 Å². The van der Waals surface area contributed by atoms with E-state index in [1.807, 2.05) is 18.2 Å². The molecule has 0 spiro atoms. The molecule has 0 aliphatic rings. The summed E-state index contributed by atoms with van der Waals surface area (Å²) < 4.78 is 0. The third-order valence-corrected chi connectivity index (χ3v) is 1.85. The molecule has 0 heterocycles. The molecule has 0 unspecified atom stereocenters. The normalized spacial score (nSPS) is 9.69. The van der Waals surface area contributed by atoms with Crippen LogP contribution in [0.3, 0.4) is 0 Å². The summed E-state index contributed by atoms with van der Waals surface area (Å²) >= 11 is 0. The van der Waals surface area contributed by atoms with Gasteiger partial charge in [-0.1, -0.05) is 18.2 Å². The van der Waals surface area contributed by atoms with E-state index in [9.17, 15) is 4.79 Å². The van der Waals surface area contributed by atoms with Gasteiger partial charge in [0.2, 0.25) is 0 Å². The molecule has 0 aliphatic carbocycles. The van der Waals surface area contributed by atoms with Crippen molar-refractivity contribution < 1.29 is 4.79 Å². The fourth-order valence-electron chi connectivity index (χ4n) is 1.08. The monoisotopic (exact) mass is 175 g/mol. The lowest BCUT2D eigenvalue weighted by atomic mass is 10.2. The van der Waals surface area contributed by atoms with Gasteiger partial charge in [0.1, 0.15) is 0 Å². The van der Waals surface area contributed by atoms with E-state index in [0.29, 0.717) is 18.7 Å². The molecule has 1 rings (SSSR count). The molecule has 68 valence electrons. The number of nitrogens with zero attached hydrogens (tertiary/aromatic N) is 1. The zero-order chi connectivity index (χ0) is 9.68. The molecule has 0 N–H and O–H groups in total. The second-order valence-electron chi connectivity index (χ2n) is 2.66. The summed E-state index contributed by atoms with van der Waals surface area (Å²) in [6, 6.07) is 9.16. The molecule has 0 saturated heterocycles. The standard InChI is InChI=1S/C11H13NO/c1-3-12(4-2)11(13)10-8-6-5-7-9-10/h5-9H,1-4H2. The molecule has 0 aliphatic heterocycles. The Morgan fingerprint density at radius 3 is 2.15 bits per heavy atom. The largest absolute Gasteiger partial charge is 0.339 e. The molecule has 0 bridgehead atoms. The van der Waals surface area contributed by atoms with Crippen LogP contribution >= 0.6 is 0 Å². The van der Waals surface area contributed by atoms with E-state index in [2.05, 4.69) is 13.8 Å². The Kier molecular flexibility index (Phi) is 3.50. The lowest BCUT2D eigenvalue weighted by Gasteiger charge is -2.18. The van der Waals surface area contributed by atoms with Crippen molar-refractivity contribution in [2.75, 3.05) is 13.1 Å². The van der Waals surface area contributed by atoms with E-state index in [1.54, 1.807) is 17.0 Å². The van der Waals surface area contributed by atoms with Crippen LogP contribution in [0.5, 0.6) is 0 Å². The van der Waals surface area contributed by atoms with Crippen molar-refractivity contribution >= 4 is 5.91 Å². The summed E-state index contributed by atoms with van der Waals surface area (Å²) in [6.07, 6.45) is 0. The highest BCUT2D eigenvalue weighted by molar-refractivity contribution is 5.94. The minimum absolute atomic E-state index is 0.00870. The Labute approximate surface area is 79.2 Å². The van der Waals surface area contributed by atoms with E-state index < -0.39 is 0 Å². The van der Waals surface area contributed by atoms with Crippen molar-refractivity contribution in [3.63, 3.8) is 0 Å². The second-order valence-corrected chi connectivity index (χ2v) is 2.66. The van der Waals surface area contributed by atoms with Crippen molar-refractivity contribution in [3.05, 3.63) is 49.7 Å². The lowest BCUT2D eigenvalue weighted by Crippen LogP contribution is -2.30. The van der Waals surface area contributed by atoms with Gasteiger partial charge in [-0.05, 0) is 26.0 Å². The second kappa shape index (κ2) is 4.65. The molecule has 1 amide bonds. The number of carbonyl (C=O) groups is 1. The molecule has 1 aromatic carbocycles. The number of amides is 1. The smallest absolute Gasteiger partial charge is 0.253 e. The first-order valence-electron chi connectivity index (χ1n) is 4.22. The Balaban J connectivity index is 2.78. The molecule has 1 aromatic rings. The van der Waals surface area contributed by atoms with E-state index >= 15 is 0 Å². The number of hydrogen-bond donors (Lipinski definition) is 0. The number of hydrogen-bond acceptors (Lipinski definition) is 1. The van der Waals surface area contributed by atoms with E-state index in [1.165, 1.54) is 0 Å². The average Bonchev–Trinajstić information content (AvgIpc) is 2.21. The fraction of sp³-hybridized carbons (Fsp3) is 0.182. The third-order valence-electron chi connectivity index (χ3n) is 1.85. The van der Waals surface area contributed by atoms with Crippen LogP contribution in [-0.4, -0.2) is 23.9 Å². The molecule has 0 aromatic heterocycles. The topological polar surface area (TPSA) is 20.3 Å². The Hall–Kier alpha value is -1.31. The van der Waals surface area contributed by atoms with Gasteiger partial charge in [-0.2, -0.15) is 0 Å². The summed E-state index contributed by atoms with van der Waals surface area (Å²) in [5.41, 5.74) is 0.690. The summed E-state index contributed by atoms with van der Waals surface area (Å²) in [4.78, 5) is 13.2. The van der Waals surface area contributed by atoms with Gasteiger partial charge < -0.3 is 4.90 Å². The number of carbonyl (C=O) groups excluding carboxylic acids is 1. The van der Waals surface area contributed by atoms with Crippen molar-refractivity contribution in [1.29, 1.82) is 0 Å². The third kappa shape index (κ3) is 2.31. The first-order valence-corrected chi connectivity index (χ1v) is 4.22. The first kappa shape index (κ1) is 9.78. The summed E-state index contributed by atoms with van der Waals surface area (Å²) in [7, 11) is 0. The molecular formula is C11H13NO. The summed E-state index contributed by atoms with van der Waals surface area (Å²) in [5.74, 6) is -0.00870. The van der Waals surface area contributed by atoms with Crippen LogP contribution in [0.4, 0.5) is 0 Å². The van der Waals surface area contributed by atoms with Gasteiger partial charge in [0, 0.05) is 18.7 Å². The molecule has 13 heavy (non-hydrogen) atoms. The minimum atomic E-state index is -0.00870. The van der Waals surface area contributed by atoms with Crippen molar-refractivity contribution in [3.8, 4) is 0 Å². The van der Waals surface area contributed by atoms with Crippen molar-refractivity contribution in [2.45, 2.75) is 0 Å². The predicted molar refractivity (Wildman–Crippen MR) is 53.1 cm³/mol. The predicted octanol–water partition coefficient (Wildman–Crippen LogP) is 1.80. The highest BCUT2D eigenvalue weighted by Crippen LogP contribution is 2.03. The van der Waals surface area contributed by atoms with Crippen molar-refractivity contribution in [2.24, 2.45) is 0 Å². The number of benzene rings is 1. The lowest BCUT2D eigenvalue weighted by molar-refractivity contribution is 0.0789. The van der Waals surface area contributed by atoms with Crippen LogP contribution in [0.2, 0.25) is 0 Å². The fourth-order valence-corrected chi connectivity index (χ4v) is 1.08. The number of rotatable bonds is 3. The molecule has 2 radical (unpaired) electrons. The van der Waals surface area contributed by atoms with Crippen LogP contribution in [-0.2, 0) is 0 Å². The zero-order valence-electron chi connectivity index (χ0n) is 7.57. The van der Waals surface area contributed by atoms with Crippen LogP contribution in [0.25, 0.3) is 0 Å².